The Kier molecular flexibility index (Phi) is 8.07. The average molecular weight is 533 g/mol. The first-order valence-electron chi connectivity index (χ1n) is 9.19. The number of carbonyl (C=O) groups is 2. The summed E-state index contributed by atoms with van der Waals surface area (Å²) in [6.45, 7) is 3.30. The molecule has 2 aromatic rings. The number of carboxylic acid groups (broad SMARTS) is 1. The lowest BCUT2D eigenvalue weighted by Gasteiger charge is -2.26. The molecule has 0 bridgehead atoms. The minimum absolute atomic E-state index is 0.0514. The van der Waals surface area contributed by atoms with Crippen LogP contribution in [0.5, 0.6) is 5.75 Å². The fourth-order valence-electron chi connectivity index (χ4n) is 2.50. The van der Waals surface area contributed by atoms with E-state index >= 15 is 0 Å². The molecule has 0 radical (unpaired) electrons. The number of hydrogen-bond acceptors (Lipinski definition) is 6. The Balaban J connectivity index is 2.47. The molecule has 0 unspecified atom stereocenters. The third kappa shape index (κ3) is 7.38. The number of nitrogens with one attached hydrogen (secondary N) is 1. The van der Waals surface area contributed by atoms with Gasteiger partial charge in [0.05, 0.1) is 0 Å². The van der Waals surface area contributed by atoms with Gasteiger partial charge in [0.2, 0.25) is 0 Å². The van der Waals surface area contributed by atoms with Crippen molar-refractivity contribution in [1.82, 2.24) is 4.72 Å². The van der Waals surface area contributed by atoms with E-state index in [9.17, 15) is 27.5 Å². The molecule has 0 saturated heterocycles. The van der Waals surface area contributed by atoms with Crippen LogP contribution in [0.2, 0.25) is 0 Å². The lowest BCUT2D eigenvalue weighted by molar-refractivity contribution is -0.135. The molecule has 32 heavy (non-hydrogen) atoms. The van der Waals surface area contributed by atoms with Gasteiger partial charge in [-0.05, 0) is 38.5 Å². The molecule has 0 aliphatic carbocycles. The highest BCUT2D eigenvalue weighted by Crippen LogP contribution is 2.36. The molecule has 2 aromatic carbocycles. The van der Waals surface area contributed by atoms with E-state index in [1.807, 2.05) is 0 Å². The van der Waals surface area contributed by atoms with Crippen LogP contribution in [0.1, 0.15) is 26.3 Å². The second kappa shape index (κ2) is 10.2. The lowest BCUT2D eigenvalue weighted by Crippen LogP contribution is -2.47. The van der Waals surface area contributed by atoms with Crippen molar-refractivity contribution in [2.75, 3.05) is 10.8 Å². The van der Waals surface area contributed by atoms with E-state index in [1.165, 1.54) is 26.8 Å². The van der Waals surface area contributed by atoms with Gasteiger partial charge in [0.1, 0.15) is 30.2 Å². The highest BCUT2D eigenvalue weighted by Gasteiger charge is 2.33. The van der Waals surface area contributed by atoms with Crippen molar-refractivity contribution in [3.05, 3.63) is 58.3 Å². The van der Waals surface area contributed by atoms with E-state index in [2.05, 4.69) is 15.9 Å². The highest BCUT2D eigenvalue weighted by molar-refractivity contribution is 9.10. The van der Waals surface area contributed by atoms with Gasteiger partial charge < -0.3 is 14.6 Å². The van der Waals surface area contributed by atoms with Gasteiger partial charge in [-0.25, -0.2) is 18.2 Å². The normalized spacial score (nSPS) is 11.5. The van der Waals surface area contributed by atoms with Crippen LogP contribution in [0.15, 0.2) is 46.9 Å². The molecule has 0 aromatic heterocycles. The van der Waals surface area contributed by atoms with E-state index in [4.69, 9.17) is 9.47 Å². The van der Waals surface area contributed by atoms with E-state index in [1.54, 1.807) is 35.1 Å². The Morgan fingerprint density at radius 3 is 2.38 bits per heavy atom. The summed E-state index contributed by atoms with van der Waals surface area (Å²) in [6.07, 6.45) is -1.35. The van der Waals surface area contributed by atoms with Crippen LogP contribution in [-0.4, -0.2) is 37.7 Å². The van der Waals surface area contributed by atoms with Crippen LogP contribution in [-0.2, 0) is 26.3 Å². The summed E-state index contributed by atoms with van der Waals surface area (Å²) in [6, 6.07) is 11.0. The van der Waals surface area contributed by atoms with Crippen molar-refractivity contribution in [2.24, 2.45) is 0 Å². The maximum Gasteiger partial charge on any atom is 0.422 e. The number of amides is 1. The quantitative estimate of drug-likeness (QED) is 0.529. The number of carbonyl (C=O) groups excluding carboxylic acids is 1. The number of nitrogens with zero attached hydrogens (tertiary/aromatic N) is 1. The van der Waals surface area contributed by atoms with Gasteiger partial charge in [0.25, 0.3) is 0 Å². The smallest absolute Gasteiger partial charge is 0.422 e. The molecule has 174 valence electrons. The third-order valence-corrected chi connectivity index (χ3v) is 5.43. The maximum atomic E-state index is 14.9. The van der Waals surface area contributed by atoms with Crippen molar-refractivity contribution in [2.45, 2.75) is 33.0 Å². The van der Waals surface area contributed by atoms with Crippen LogP contribution in [0.25, 0.3) is 0 Å². The molecule has 0 saturated carbocycles. The zero-order chi connectivity index (χ0) is 24.1. The fourth-order valence-corrected chi connectivity index (χ4v) is 3.97. The average Bonchev–Trinajstić information content (AvgIpc) is 2.63. The fraction of sp³-hybridized carbons (Fsp3) is 0.300. The Bertz CT molecular complexity index is 1090. The summed E-state index contributed by atoms with van der Waals surface area (Å²) in [5.74, 6) is -2.93. The lowest BCUT2D eigenvalue weighted by atomic mass is 10.2. The minimum atomic E-state index is -4.89. The summed E-state index contributed by atoms with van der Waals surface area (Å²) < 4.78 is 53.2. The molecular formula is C20H22BrFN2O7S. The third-order valence-electron chi connectivity index (χ3n) is 3.66. The second-order valence-corrected chi connectivity index (χ2v) is 10.0. The summed E-state index contributed by atoms with van der Waals surface area (Å²) in [7, 11) is -4.89. The van der Waals surface area contributed by atoms with Crippen LogP contribution in [0.3, 0.4) is 0 Å². The van der Waals surface area contributed by atoms with Crippen molar-refractivity contribution < 1.29 is 37.0 Å². The molecular weight excluding hydrogens is 511 g/mol. The molecule has 12 heteroatoms. The Morgan fingerprint density at radius 1 is 1.19 bits per heavy atom. The minimum Gasteiger partial charge on any atom is -0.487 e. The number of benzene rings is 2. The maximum absolute atomic E-state index is 14.9. The first-order chi connectivity index (χ1) is 14.8. The van der Waals surface area contributed by atoms with Crippen LogP contribution in [0.4, 0.5) is 14.9 Å². The molecule has 0 spiro atoms. The van der Waals surface area contributed by atoms with E-state index < -0.39 is 45.9 Å². The van der Waals surface area contributed by atoms with E-state index in [0.29, 0.717) is 5.56 Å². The summed E-state index contributed by atoms with van der Waals surface area (Å²) in [5.41, 5.74) is -0.995. The van der Waals surface area contributed by atoms with Gasteiger partial charge in [0.15, 0.2) is 5.82 Å². The first-order valence-corrected chi connectivity index (χ1v) is 11.4. The van der Waals surface area contributed by atoms with Gasteiger partial charge in [-0.3, -0.25) is 4.79 Å². The van der Waals surface area contributed by atoms with Crippen molar-refractivity contribution >= 4 is 43.9 Å². The number of halogens is 2. The van der Waals surface area contributed by atoms with E-state index in [0.717, 1.165) is 6.07 Å². The molecule has 1 amide bonds. The molecule has 0 aliphatic heterocycles. The van der Waals surface area contributed by atoms with Gasteiger partial charge in [-0.1, -0.05) is 46.3 Å². The molecule has 0 aliphatic rings. The van der Waals surface area contributed by atoms with Crippen molar-refractivity contribution in [3.63, 3.8) is 0 Å². The molecule has 0 heterocycles. The number of carboxylic acids is 1. The Labute approximate surface area is 193 Å². The zero-order valence-corrected chi connectivity index (χ0v) is 19.9. The van der Waals surface area contributed by atoms with Crippen molar-refractivity contribution in [3.8, 4) is 5.75 Å². The van der Waals surface area contributed by atoms with Crippen LogP contribution < -0.4 is 13.8 Å². The second-order valence-electron chi connectivity index (χ2n) is 7.52. The summed E-state index contributed by atoms with van der Waals surface area (Å²) in [5, 5.41) is 9.25. The number of rotatable bonds is 8. The Hall–Kier alpha value is -2.86. The number of hydrogen-bond donors (Lipinski definition) is 2. The predicted octanol–water partition coefficient (Wildman–Crippen LogP) is 3.83. The molecule has 2 rings (SSSR count). The SMILES string of the molecule is CC(C)(C)OC(=O)NS(=O)(=O)N(CC(=O)O)c1c(F)cc(Br)cc1OCc1ccccc1. The molecule has 9 nitrogen and oxygen atoms in total. The molecule has 0 atom stereocenters. The van der Waals surface area contributed by atoms with Crippen molar-refractivity contribution in [1.29, 1.82) is 0 Å². The topological polar surface area (TPSA) is 122 Å². The molecule has 2 N–H and O–H groups in total. The van der Waals surface area contributed by atoms with Crippen LogP contribution in [0, 0.1) is 5.82 Å². The zero-order valence-electron chi connectivity index (χ0n) is 17.5. The monoisotopic (exact) mass is 532 g/mol. The number of ether oxygens (including phenoxy) is 2. The van der Waals surface area contributed by atoms with Gasteiger partial charge >= 0.3 is 22.3 Å². The Morgan fingerprint density at radius 2 is 1.81 bits per heavy atom. The van der Waals surface area contributed by atoms with Gasteiger partial charge in [-0.15, -0.1) is 0 Å². The van der Waals surface area contributed by atoms with E-state index in [-0.39, 0.29) is 21.1 Å². The van der Waals surface area contributed by atoms with Crippen LogP contribution >= 0.6 is 15.9 Å². The first kappa shape index (κ1) is 25.4. The number of aliphatic carboxylic acids is 1. The largest absolute Gasteiger partial charge is 0.487 e. The van der Waals surface area contributed by atoms with Gasteiger partial charge in [0, 0.05) is 4.47 Å². The summed E-state index contributed by atoms with van der Waals surface area (Å²) in [4.78, 5) is 23.4. The predicted molar refractivity (Wildman–Crippen MR) is 118 cm³/mol. The standard InChI is InChI=1S/C20H22BrFN2O7S/c1-20(2,3)31-19(27)23-32(28,29)24(11-17(25)26)18-15(22)9-14(21)10-16(18)30-12-13-7-5-4-6-8-13/h4-10H,11-12H2,1-3H3,(H,23,27)(H,25,26). The number of anilines is 1. The summed E-state index contributed by atoms with van der Waals surface area (Å²) >= 11 is 3.10. The highest BCUT2D eigenvalue weighted by atomic mass is 79.9. The molecule has 0 fully saturated rings. The van der Waals surface area contributed by atoms with Gasteiger partial charge in [-0.2, -0.15) is 8.42 Å².